The fourth-order valence-corrected chi connectivity index (χ4v) is 1.13. The molecule has 0 aliphatic heterocycles. The van der Waals surface area contributed by atoms with Gasteiger partial charge in [-0.2, -0.15) is 0 Å². The molecule has 0 aliphatic carbocycles. The van der Waals surface area contributed by atoms with E-state index in [4.69, 9.17) is 17.3 Å². The molecule has 0 aromatic carbocycles. The van der Waals surface area contributed by atoms with Gasteiger partial charge in [0.2, 0.25) is 0 Å². The maximum atomic E-state index is 11.0. The fourth-order valence-electron chi connectivity index (χ4n) is 1.02. The van der Waals surface area contributed by atoms with E-state index in [9.17, 15) is 4.79 Å². The zero-order valence-electron chi connectivity index (χ0n) is 8.14. The average Bonchev–Trinajstić information content (AvgIpc) is 2.20. The Hall–Kier alpha value is -0.840. The number of hydrogen-bond acceptors (Lipinski definition) is 4. The van der Waals surface area contributed by atoms with Gasteiger partial charge in [-0.15, -0.1) is 12.4 Å². The number of halogens is 2. The van der Waals surface area contributed by atoms with E-state index < -0.39 is 12.0 Å². The van der Waals surface area contributed by atoms with E-state index in [1.165, 1.54) is 7.11 Å². The molecule has 15 heavy (non-hydrogen) atoms. The molecule has 0 saturated carbocycles. The SMILES string of the molecule is COC(=O)C(N)Cc1ccc(Cl)nc1.Cl. The monoisotopic (exact) mass is 250 g/mol. The van der Waals surface area contributed by atoms with Crippen molar-refractivity contribution in [3.63, 3.8) is 0 Å². The number of aromatic nitrogens is 1. The average molecular weight is 251 g/mol. The van der Waals surface area contributed by atoms with Gasteiger partial charge in [0.15, 0.2) is 0 Å². The Labute approximate surface area is 99.2 Å². The predicted octanol–water partition coefficient (Wildman–Crippen LogP) is 1.20. The van der Waals surface area contributed by atoms with Crippen LogP contribution in [0.5, 0.6) is 0 Å². The van der Waals surface area contributed by atoms with Gasteiger partial charge in [0, 0.05) is 6.20 Å². The van der Waals surface area contributed by atoms with Crippen LogP contribution in [0.3, 0.4) is 0 Å². The lowest BCUT2D eigenvalue weighted by Crippen LogP contribution is -2.33. The van der Waals surface area contributed by atoms with Gasteiger partial charge in [-0.05, 0) is 18.1 Å². The van der Waals surface area contributed by atoms with Crippen LogP contribution >= 0.6 is 24.0 Å². The molecule has 1 unspecified atom stereocenters. The molecular formula is C9H12Cl2N2O2. The first kappa shape index (κ1) is 14.2. The van der Waals surface area contributed by atoms with Gasteiger partial charge in [0.05, 0.1) is 7.11 Å². The molecule has 0 bridgehead atoms. The maximum absolute atomic E-state index is 11.0. The molecule has 4 nitrogen and oxygen atoms in total. The number of nitrogens with two attached hydrogens (primary N) is 1. The first-order valence-electron chi connectivity index (χ1n) is 4.07. The third-order valence-corrected chi connectivity index (χ3v) is 1.97. The molecule has 84 valence electrons. The highest BCUT2D eigenvalue weighted by Gasteiger charge is 2.13. The molecule has 1 rings (SSSR count). The Morgan fingerprint density at radius 2 is 2.33 bits per heavy atom. The minimum Gasteiger partial charge on any atom is -0.468 e. The van der Waals surface area contributed by atoms with Gasteiger partial charge in [-0.25, -0.2) is 4.98 Å². The zero-order valence-corrected chi connectivity index (χ0v) is 9.72. The Balaban J connectivity index is 0.00000196. The van der Waals surface area contributed by atoms with Gasteiger partial charge < -0.3 is 10.5 Å². The van der Waals surface area contributed by atoms with Crippen molar-refractivity contribution in [2.24, 2.45) is 5.73 Å². The molecule has 2 N–H and O–H groups in total. The third kappa shape index (κ3) is 4.46. The van der Waals surface area contributed by atoms with Crippen molar-refractivity contribution in [1.29, 1.82) is 0 Å². The van der Waals surface area contributed by atoms with Gasteiger partial charge in [-0.1, -0.05) is 17.7 Å². The number of rotatable bonds is 3. The summed E-state index contributed by atoms with van der Waals surface area (Å²) in [5.41, 5.74) is 6.42. The first-order chi connectivity index (χ1) is 6.63. The number of methoxy groups -OCH3 is 1. The van der Waals surface area contributed by atoms with Crippen molar-refractivity contribution in [2.75, 3.05) is 7.11 Å². The van der Waals surface area contributed by atoms with Crippen molar-refractivity contribution in [3.8, 4) is 0 Å². The van der Waals surface area contributed by atoms with Crippen molar-refractivity contribution in [3.05, 3.63) is 29.0 Å². The van der Waals surface area contributed by atoms with Crippen LogP contribution in [0, 0.1) is 0 Å². The molecule has 0 fully saturated rings. The van der Waals surface area contributed by atoms with Crippen molar-refractivity contribution < 1.29 is 9.53 Å². The highest BCUT2D eigenvalue weighted by molar-refractivity contribution is 6.29. The summed E-state index contributed by atoms with van der Waals surface area (Å²) in [5.74, 6) is -0.431. The molecule has 0 radical (unpaired) electrons. The molecule has 1 heterocycles. The van der Waals surface area contributed by atoms with E-state index in [0.29, 0.717) is 11.6 Å². The smallest absolute Gasteiger partial charge is 0.322 e. The third-order valence-electron chi connectivity index (χ3n) is 1.75. The van der Waals surface area contributed by atoms with Gasteiger partial charge in [-0.3, -0.25) is 4.79 Å². The molecule has 6 heteroatoms. The van der Waals surface area contributed by atoms with E-state index in [2.05, 4.69) is 9.72 Å². The molecule has 1 aromatic rings. The van der Waals surface area contributed by atoms with E-state index in [1.807, 2.05) is 0 Å². The Morgan fingerprint density at radius 1 is 1.67 bits per heavy atom. The lowest BCUT2D eigenvalue weighted by atomic mass is 10.1. The quantitative estimate of drug-likeness (QED) is 0.647. The first-order valence-corrected chi connectivity index (χ1v) is 4.45. The van der Waals surface area contributed by atoms with Crippen LogP contribution in [-0.4, -0.2) is 24.1 Å². The maximum Gasteiger partial charge on any atom is 0.322 e. The van der Waals surface area contributed by atoms with Crippen molar-refractivity contribution in [2.45, 2.75) is 12.5 Å². The number of pyridine rings is 1. The van der Waals surface area contributed by atoms with Crippen LogP contribution < -0.4 is 5.73 Å². The molecule has 0 saturated heterocycles. The summed E-state index contributed by atoms with van der Waals surface area (Å²) in [6, 6.07) is 2.78. The largest absolute Gasteiger partial charge is 0.468 e. The lowest BCUT2D eigenvalue weighted by molar-refractivity contribution is -0.142. The van der Waals surface area contributed by atoms with Crippen LogP contribution in [0.25, 0.3) is 0 Å². The summed E-state index contributed by atoms with van der Waals surface area (Å²) in [4.78, 5) is 14.9. The number of hydrogen-bond donors (Lipinski definition) is 1. The summed E-state index contributed by atoms with van der Waals surface area (Å²) in [6.07, 6.45) is 1.99. The number of ether oxygens (including phenoxy) is 1. The number of esters is 1. The number of carbonyl (C=O) groups excluding carboxylic acids is 1. The standard InChI is InChI=1S/C9H11ClN2O2.ClH/c1-14-9(13)7(11)4-6-2-3-8(10)12-5-6;/h2-3,5,7H,4,11H2,1H3;1H. The van der Waals surface area contributed by atoms with Gasteiger partial charge >= 0.3 is 5.97 Å². The highest BCUT2D eigenvalue weighted by Crippen LogP contribution is 2.07. The number of nitrogens with zero attached hydrogens (tertiary/aromatic N) is 1. The van der Waals surface area contributed by atoms with E-state index >= 15 is 0 Å². The molecular weight excluding hydrogens is 239 g/mol. The zero-order chi connectivity index (χ0) is 10.6. The van der Waals surface area contributed by atoms with Crippen LogP contribution in [0.4, 0.5) is 0 Å². The second kappa shape index (κ2) is 6.61. The van der Waals surface area contributed by atoms with Crippen LogP contribution in [0.15, 0.2) is 18.3 Å². The molecule has 0 amide bonds. The van der Waals surface area contributed by atoms with Crippen LogP contribution in [0.2, 0.25) is 5.15 Å². The highest BCUT2D eigenvalue weighted by atomic mass is 35.5. The minimum absolute atomic E-state index is 0. The lowest BCUT2D eigenvalue weighted by Gasteiger charge is -2.08. The molecule has 1 atom stereocenters. The molecule has 0 spiro atoms. The number of carbonyl (C=O) groups is 1. The fraction of sp³-hybridized carbons (Fsp3) is 0.333. The van der Waals surface area contributed by atoms with Crippen LogP contribution in [-0.2, 0) is 16.0 Å². The topological polar surface area (TPSA) is 65.2 Å². The summed E-state index contributed by atoms with van der Waals surface area (Å²) in [5, 5.41) is 0.417. The molecule has 0 aliphatic rings. The Morgan fingerprint density at radius 3 is 2.80 bits per heavy atom. The van der Waals surface area contributed by atoms with E-state index in [-0.39, 0.29) is 12.4 Å². The summed E-state index contributed by atoms with van der Waals surface area (Å²) < 4.78 is 4.50. The Kier molecular flexibility index (Phi) is 6.24. The molecule has 1 aromatic heterocycles. The van der Waals surface area contributed by atoms with E-state index in [1.54, 1.807) is 18.3 Å². The summed E-state index contributed by atoms with van der Waals surface area (Å²) >= 11 is 5.60. The Bertz CT molecular complexity index is 316. The second-order valence-corrected chi connectivity index (χ2v) is 3.21. The second-order valence-electron chi connectivity index (χ2n) is 2.82. The van der Waals surface area contributed by atoms with Gasteiger partial charge in [0.25, 0.3) is 0 Å². The van der Waals surface area contributed by atoms with Gasteiger partial charge in [0.1, 0.15) is 11.2 Å². The summed E-state index contributed by atoms with van der Waals surface area (Å²) in [6.45, 7) is 0. The summed E-state index contributed by atoms with van der Waals surface area (Å²) in [7, 11) is 1.31. The minimum atomic E-state index is -0.650. The van der Waals surface area contributed by atoms with E-state index in [0.717, 1.165) is 5.56 Å². The predicted molar refractivity (Wildman–Crippen MR) is 60.2 cm³/mol. The van der Waals surface area contributed by atoms with Crippen molar-refractivity contribution >= 4 is 30.0 Å². The van der Waals surface area contributed by atoms with Crippen molar-refractivity contribution in [1.82, 2.24) is 4.98 Å². The normalized spacial score (nSPS) is 11.4. The van der Waals surface area contributed by atoms with Crippen LogP contribution in [0.1, 0.15) is 5.56 Å².